The van der Waals surface area contributed by atoms with Crippen LogP contribution in [0.4, 0.5) is 11.5 Å². The Morgan fingerprint density at radius 2 is 2.05 bits per heavy atom. The maximum absolute atomic E-state index is 10.9. The zero-order valence-corrected chi connectivity index (χ0v) is 12.3. The SMILES string of the molecule is Cc1nc(N)c(C)c(Oc2cccc([N+](=O)[O-])c2Br)n1. The van der Waals surface area contributed by atoms with Crippen LogP contribution in [-0.4, -0.2) is 14.9 Å². The number of nitro benzene ring substituents is 1. The summed E-state index contributed by atoms with van der Waals surface area (Å²) in [4.78, 5) is 18.5. The van der Waals surface area contributed by atoms with E-state index in [0.717, 1.165) is 0 Å². The minimum atomic E-state index is -0.497. The number of aryl methyl sites for hydroxylation is 1. The predicted octanol–water partition coefficient (Wildman–Crippen LogP) is 3.14. The van der Waals surface area contributed by atoms with Crippen molar-refractivity contribution in [1.29, 1.82) is 0 Å². The highest BCUT2D eigenvalue weighted by Gasteiger charge is 2.18. The number of aromatic nitrogens is 2. The number of nitrogens with two attached hydrogens (primary N) is 1. The summed E-state index contributed by atoms with van der Waals surface area (Å²) < 4.78 is 5.86. The lowest BCUT2D eigenvalue weighted by Crippen LogP contribution is -2.02. The molecule has 0 spiro atoms. The quantitative estimate of drug-likeness (QED) is 0.680. The van der Waals surface area contributed by atoms with Gasteiger partial charge in [-0.1, -0.05) is 6.07 Å². The number of hydrogen-bond donors (Lipinski definition) is 1. The van der Waals surface area contributed by atoms with Crippen LogP contribution in [0.1, 0.15) is 11.4 Å². The lowest BCUT2D eigenvalue weighted by molar-refractivity contribution is -0.385. The number of hydrogen-bond acceptors (Lipinski definition) is 6. The van der Waals surface area contributed by atoms with Gasteiger partial charge in [0.2, 0.25) is 5.88 Å². The van der Waals surface area contributed by atoms with Gasteiger partial charge < -0.3 is 10.5 Å². The van der Waals surface area contributed by atoms with Crippen LogP contribution in [0.25, 0.3) is 0 Å². The summed E-state index contributed by atoms with van der Waals surface area (Å²) in [5.41, 5.74) is 6.23. The van der Waals surface area contributed by atoms with Crippen LogP contribution < -0.4 is 10.5 Å². The monoisotopic (exact) mass is 338 g/mol. The first-order chi connectivity index (χ1) is 9.40. The van der Waals surface area contributed by atoms with Crippen molar-refractivity contribution in [2.45, 2.75) is 13.8 Å². The van der Waals surface area contributed by atoms with Crippen LogP contribution in [-0.2, 0) is 0 Å². The minimum absolute atomic E-state index is 0.0843. The Hall–Kier alpha value is -2.22. The fourth-order valence-electron chi connectivity index (χ4n) is 1.55. The molecule has 1 aromatic heterocycles. The summed E-state index contributed by atoms with van der Waals surface area (Å²) >= 11 is 3.16. The molecule has 0 saturated heterocycles. The molecule has 2 N–H and O–H groups in total. The van der Waals surface area contributed by atoms with Gasteiger partial charge in [-0.2, -0.15) is 4.98 Å². The number of benzene rings is 1. The molecule has 20 heavy (non-hydrogen) atoms. The molecule has 1 aromatic carbocycles. The third kappa shape index (κ3) is 2.69. The predicted molar refractivity (Wildman–Crippen MR) is 76.8 cm³/mol. The van der Waals surface area contributed by atoms with E-state index in [1.54, 1.807) is 19.9 Å². The van der Waals surface area contributed by atoms with Crippen LogP contribution >= 0.6 is 15.9 Å². The highest BCUT2D eigenvalue weighted by Crippen LogP contribution is 2.37. The Kier molecular flexibility index (Phi) is 3.84. The van der Waals surface area contributed by atoms with Gasteiger partial charge >= 0.3 is 0 Å². The van der Waals surface area contributed by atoms with Gasteiger partial charge in [0.1, 0.15) is 16.1 Å². The van der Waals surface area contributed by atoms with Gasteiger partial charge in [-0.05, 0) is 35.8 Å². The minimum Gasteiger partial charge on any atom is -0.437 e. The highest BCUT2D eigenvalue weighted by atomic mass is 79.9. The van der Waals surface area contributed by atoms with E-state index >= 15 is 0 Å². The normalized spacial score (nSPS) is 10.3. The molecule has 0 fully saturated rings. The van der Waals surface area contributed by atoms with Crippen molar-refractivity contribution in [3.05, 3.63) is 44.2 Å². The van der Waals surface area contributed by atoms with E-state index in [9.17, 15) is 10.1 Å². The van der Waals surface area contributed by atoms with E-state index in [-0.39, 0.29) is 16.0 Å². The van der Waals surface area contributed by atoms with Crippen molar-refractivity contribution >= 4 is 27.4 Å². The van der Waals surface area contributed by atoms with E-state index in [1.165, 1.54) is 12.1 Å². The summed E-state index contributed by atoms with van der Waals surface area (Å²) in [7, 11) is 0. The zero-order chi connectivity index (χ0) is 14.9. The Labute approximate surface area is 123 Å². The van der Waals surface area contributed by atoms with E-state index < -0.39 is 4.92 Å². The molecule has 0 saturated carbocycles. The Morgan fingerprint density at radius 3 is 2.70 bits per heavy atom. The Morgan fingerprint density at radius 1 is 1.35 bits per heavy atom. The number of nitrogen functional groups attached to an aromatic ring is 1. The van der Waals surface area contributed by atoms with Gasteiger partial charge in [-0.3, -0.25) is 10.1 Å². The summed E-state index contributed by atoms with van der Waals surface area (Å²) in [6.45, 7) is 3.40. The smallest absolute Gasteiger partial charge is 0.287 e. The molecule has 0 unspecified atom stereocenters. The first-order valence-corrected chi connectivity index (χ1v) is 6.41. The fourth-order valence-corrected chi connectivity index (χ4v) is 2.04. The Bertz CT molecular complexity index is 691. The molecule has 7 nitrogen and oxygen atoms in total. The largest absolute Gasteiger partial charge is 0.437 e. The number of halogens is 1. The second kappa shape index (κ2) is 5.41. The molecule has 2 rings (SSSR count). The van der Waals surface area contributed by atoms with Gasteiger partial charge in [0, 0.05) is 6.07 Å². The second-order valence-corrected chi connectivity index (χ2v) is 4.83. The first kappa shape index (κ1) is 14.2. The van der Waals surface area contributed by atoms with E-state index in [0.29, 0.717) is 23.0 Å². The lowest BCUT2D eigenvalue weighted by Gasteiger charge is -2.11. The topological polar surface area (TPSA) is 104 Å². The van der Waals surface area contributed by atoms with Crippen molar-refractivity contribution in [1.82, 2.24) is 9.97 Å². The average Bonchev–Trinajstić information content (AvgIpc) is 2.37. The molecule has 0 aliphatic carbocycles. The lowest BCUT2D eigenvalue weighted by atomic mass is 10.3. The molecular weight excluding hydrogens is 328 g/mol. The van der Waals surface area contributed by atoms with Crippen molar-refractivity contribution in [2.24, 2.45) is 0 Å². The molecule has 0 aliphatic rings. The number of ether oxygens (including phenoxy) is 1. The zero-order valence-electron chi connectivity index (χ0n) is 10.8. The number of nitro groups is 1. The molecule has 0 amide bonds. The molecule has 8 heteroatoms. The molecule has 1 heterocycles. The third-order valence-corrected chi connectivity index (χ3v) is 3.39. The van der Waals surface area contributed by atoms with Crippen molar-refractivity contribution < 1.29 is 9.66 Å². The molecular formula is C12H11BrN4O3. The second-order valence-electron chi connectivity index (χ2n) is 4.03. The summed E-state index contributed by atoms with van der Waals surface area (Å²) in [6.07, 6.45) is 0. The molecule has 0 radical (unpaired) electrons. The molecule has 0 atom stereocenters. The van der Waals surface area contributed by atoms with Gasteiger partial charge in [0.15, 0.2) is 5.75 Å². The van der Waals surface area contributed by atoms with Crippen molar-refractivity contribution in [2.75, 3.05) is 5.73 Å². The van der Waals surface area contributed by atoms with E-state index in [1.807, 2.05) is 0 Å². The molecule has 0 aliphatic heterocycles. The molecule has 2 aromatic rings. The van der Waals surface area contributed by atoms with Gasteiger partial charge in [0.25, 0.3) is 5.69 Å². The van der Waals surface area contributed by atoms with Crippen molar-refractivity contribution in [3.8, 4) is 11.6 Å². The van der Waals surface area contributed by atoms with Crippen LogP contribution in [0.2, 0.25) is 0 Å². The maximum atomic E-state index is 10.9. The molecule has 0 bridgehead atoms. The summed E-state index contributed by atoms with van der Waals surface area (Å²) in [5.74, 6) is 1.34. The van der Waals surface area contributed by atoms with Gasteiger partial charge in [-0.15, -0.1) is 0 Å². The van der Waals surface area contributed by atoms with Crippen LogP contribution in [0.5, 0.6) is 11.6 Å². The highest BCUT2D eigenvalue weighted by molar-refractivity contribution is 9.10. The summed E-state index contributed by atoms with van der Waals surface area (Å²) in [6, 6.07) is 4.51. The van der Waals surface area contributed by atoms with Crippen LogP contribution in [0, 0.1) is 24.0 Å². The number of nitrogens with zero attached hydrogens (tertiary/aromatic N) is 3. The Balaban J connectivity index is 2.46. The average molecular weight is 339 g/mol. The summed E-state index contributed by atoms with van der Waals surface area (Å²) in [5, 5.41) is 10.9. The van der Waals surface area contributed by atoms with Gasteiger partial charge in [-0.25, -0.2) is 4.98 Å². The van der Waals surface area contributed by atoms with Crippen LogP contribution in [0.3, 0.4) is 0 Å². The molecule has 104 valence electrons. The standard InChI is InChI=1S/C12H11BrN4O3/c1-6-11(14)15-7(2)16-12(6)20-9-5-3-4-8(10(9)13)17(18)19/h3-5H,1-2H3,(H2,14,15,16). The van der Waals surface area contributed by atoms with Gasteiger partial charge in [0.05, 0.1) is 10.5 Å². The number of rotatable bonds is 3. The van der Waals surface area contributed by atoms with E-state index in [2.05, 4.69) is 25.9 Å². The number of anilines is 1. The first-order valence-electron chi connectivity index (χ1n) is 5.61. The van der Waals surface area contributed by atoms with Crippen LogP contribution in [0.15, 0.2) is 22.7 Å². The van der Waals surface area contributed by atoms with Crippen molar-refractivity contribution in [3.63, 3.8) is 0 Å². The third-order valence-electron chi connectivity index (χ3n) is 2.60. The fraction of sp³-hybridized carbons (Fsp3) is 0.167. The maximum Gasteiger partial charge on any atom is 0.287 e. The van der Waals surface area contributed by atoms with E-state index in [4.69, 9.17) is 10.5 Å².